The van der Waals surface area contributed by atoms with Crippen LogP contribution in [0.25, 0.3) is 0 Å². The molecule has 0 spiro atoms. The van der Waals surface area contributed by atoms with Gasteiger partial charge in [0.05, 0.1) is 0 Å². The monoisotopic (exact) mass is 245 g/mol. The maximum absolute atomic E-state index is 3.51. The van der Waals surface area contributed by atoms with Crippen molar-refractivity contribution in [1.29, 1.82) is 0 Å². The lowest BCUT2D eigenvalue weighted by Crippen LogP contribution is -2.61. The Labute approximate surface area is 110 Å². The molecule has 1 aromatic carbocycles. The number of rotatable bonds is 1. The fourth-order valence-corrected chi connectivity index (χ4v) is 3.24. The SMILES string of the molecule is Cc1cc(C)cc(N2CCN3CCNCC3C2)c1. The van der Waals surface area contributed by atoms with E-state index in [0.29, 0.717) is 6.04 Å². The second-order valence-corrected chi connectivity index (χ2v) is 5.69. The van der Waals surface area contributed by atoms with Crippen molar-refractivity contribution in [3.8, 4) is 0 Å². The van der Waals surface area contributed by atoms with Crippen molar-refractivity contribution in [3.63, 3.8) is 0 Å². The van der Waals surface area contributed by atoms with E-state index < -0.39 is 0 Å². The Kier molecular flexibility index (Phi) is 3.27. The summed E-state index contributed by atoms with van der Waals surface area (Å²) in [5.74, 6) is 0. The van der Waals surface area contributed by atoms with E-state index in [1.165, 1.54) is 36.4 Å². The maximum Gasteiger partial charge on any atom is 0.0397 e. The van der Waals surface area contributed by atoms with E-state index in [1.807, 2.05) is 0 Å². The lowest BCUT2D eigenvalue weighted by molar-refractivity contribution is 0.146. The quantitative estimate of drug-likeness (QED) is 0.807. The van der Waals surface area contributed by atoms with Crippen LogP contribution in [0.4, 0.5) is 5.69 Å². The molecule has 18 heavy (non-hydrogen) atoms. The van der Waals surface area contributed by atoms with Crippen molar-refractivity contribution in [2.45, 2.75) is 19.9 Å². The lowest BCUT2D eigenvalue weighted by atomic mass is 10.1. The van der Waals surface area contributed by atoms with Gasteiger partial charge in [-0.3, -0.25) is 4.90 Å². The molecule has 0 amide bonds. The number of nitrogens with one attached hydrogen (secondary N) is 1. The lowest BCUT2D eigenvalue weighted by Gasteiger charge is -2.45. The van der Waals surface area contributed by atoms with Crippen molar-refractivity contribution < 1.29 is 0 Å². The molecule has 2 aliphatic heterocycles. The van der Waals surface area contributed by atoms with Crippen LogP contribution in [-0.4, -0.2) is 50.2 Å². The molecule has 0 bridgehead atoms. The highest BCUT2D eigenvalue weighted by Gasteiger charge is 2.28. The third kappa shape index (κ3) is 2.38. The Balaban J connectivity index is 1.76. The molecule has 3 nitrogen and oxygen atoms in total. The number of fused-ring (bicyclic) bond motifs is 1. The molecule has 2 saturated heterocycles. The van der Waals surface area contributed by atoms with Crippen LogP contribution in [0.2, 0.25) is 0 Å². The number of benzene rings is 1. The Morgan fingerprint density at radius 3 is 2.61 bits per heavy atom. The van der Waals surface area contributed by atoms with Gasteiger partial charge in [0.1, 0.15) is 0 Å². The van der Waals surface area contributed by atoms with Gasteiger partial charge < -0.3 is 10.2 Å². The molecule has 1 unspecified atom stereocenters. The van der Waals surface area contributed by atoms with Crippen LogP contribution < -0.4 is 10.2 Å². The molecule has 1 atom stereocenters. The zero-order valence-electron chi connectivity index (χ0n) is 11.4. The minimum Gasteiger partial charge on any atom is -0.369 e. The fourth-order valence-electron chi connectivity index (χ4n) is 3.24. The van der Waals surface area contributed by atoms with Crippen LogP contribution in [0.3, 0.4) is 0 Å². The van der Waals surface area contributed by atoms with Gasteiger partial charge >= 0.3 is 0 Å². The van der Waals surface area contributed by atoms with E-state index >= 15 is 0 Å². The molecular weight excluding hydrogens is 222 g/mol. The van der Waals surface area contributed by atoms with Gasteiger partial charge in [-0.1, -0.05) is 6.07 Å². The summed E-state index contributed by atoms with van der Waals surface area (Å²) < 4.78 is 0. The molecule has 0 aliphatic carbocycles. The predicted molar refractivity (Wildman–Crippen MR) is 76.4 cm³/mol. The number of aryl methyl sites for hydroxylation is 2. The van der Waals surface area contributed by atoms with Crippen molar-refractivity contribution >= 4 is 5.69 Å². The van der Waals surface area contributed by atoms with Gasteiger partial charge in [-0.25, -0.2) is 0 Å². The molecule has 98 valence electrons. The molecular formula is C15H23N3. The van der Waals surface area contributed by atoms with Crippen LogP contribution in [0.15, 0.2) is 18.2 Å². The molecule has 2 aliphatic rings. The Morgan fingerprint density at radius 1 is 1.06 bits per heavy atom. The van der Waals surface area contributed by atoms with Crippen molar-refractivity contribution in [2.24, 2.45) is 0 Å². The third-order valence-electron chi connectivity index (χ3n) is 4.13. The van der Waals surface area contributed by atoms with Crippen molar-refractivity contribution in [2.75, 3.05) is 44.2 Å². The molecule has 0 radical (unpaired) electrons. The molecule has 2 heterocycles. The first-order valence-electron chi connectivity index (χ1n) is 7.00. The van der Waals surface area contributed by atoms with Crippen molar-refractivity contribution in [1.82, 2.24) is 10.2 Å². The summed E-state index contributed by atoms with van der Waals surface area (Å²) in [5, 5.41) is 3.51. The Hall–Kier alpha value is -1.06. The van der Waals surface area contributed by atoms with Crippen molar-refractivity contribution in [3.05, 3.63) is 29.3 Å². The first-order valence-corrected chi connectivity index (χ1v) is 7.00. The summed E-state index contributed by atoms with van der Waals surface area (Å²) in [4.78, 5) is 5.18. The van der Waals surface area contributed by atoms with Gasteiger partial charge in [-0.05, 0) is 37.1 Å². The number of hydrogen-bond donors (Lipinski definition) is 1. The minimum atomic E-state index is 0.688. The average Bonchev–Trinajstić information content (AvgIpc) is 2.37. The van der Waals surface area contributed by atoms with Crippen LogP contribution in [-0.2, 0) is 0 Å². The summed E-state index contributed by atoms with van der Waals surface area (Å²) in [6.07, 6.45) is 0. The van der Waals surface area contributed by atoms with Crippen LogP contribution in [0, 0.1) is 13.8 Å². The summed E-state index contributed by atoms with van der Waals surface area (Å²) >= 11 is 0. The molecule has 1 N–H and O–H groups in total. The molecule has 0 aromatic heterocycles. The molecule has 1 aromatic rings. The van der Waals surface area contributed by atoms with Gasteiger partial charge in [0.2, 0.25) is 0 Å². The molecule has 3 rings (SSSR count). The summed E-state index contributed by atoms with van der Waals surface area (Å²) in [6.45, 7) is 11.4. The largest absolute Gasteiger partial charge is 0.369 e. The molecule has 0 saturated carbocycles. The van der Waals surface area contributed by atoms with E-state index in [9.17, 15) is 0 Å². The normalized spacial score (nSPS) is 25.0. The van der Waals surface area contributed by atoms with E-state index in [1.54, 1.807) is 0 Å². The average molecular weight is 245 g/mol. The summed E-state index contributed by atoms with van der Waals surface area (Å²) in [5.41, 5.74) is 4.14. The second-order valence-electron chi connectivity index (χ2n) is 5.69. The standard InChI is InChI=1S/C15H23N3/c1-12-7-13(2)9-14(8-12)18-6-5-17-4-3-16-10-15(17)11-18/h7-9,15-16H,3-6,10-11H2,1-2H3. The maximum atomic E-state index is 3.51. The van der Waals surface area contributed by atoms with E-state index in [-0.39, 0.29) is 0 Å². The molecule has 3 heteroatoms. The van der Waals surface area contributed by atoms with Crippen LogP contribution in [0.5, 0.6) is 0 Å². The van der Waals surface area contributed by atoms with E-state index in [4.69, 9.17) is 0 Å². The van der Waals surface area contributed by atoms with E-state index in [2.05, 4.69) is 47.2 Å². The first kappa shape index (κ1) is 12.0. The first-order chi connectivity index (χ1) is 8.72. The zero-order valence-corrected chi connectivity index (χ0v) is 11.4. The van der Waals surface area contributed by atoms with Crippen LogP contribution in [0.1, 0.15) is 11.1 Å². The minimum absolute atomic E-state index is 0.688. The topological polar surface area (TPSA) is 18.5 Å². The number of anilines is 1. The second kappa shape index (κ2) is 4.90. The zero-order chi connectivity index (χ0) is 12.5. The van der Waals surface area contributed by atoms with Gasteiger partial charge in [0, 0.05) is 51.0 Å². The highest BCUT2D eigenvalue weighted by atomic mass is 15.3. The van der Waals surface area contributed by atoms with Gasteiger partial charge in [-0.15, -0.1) is 0 Å². The molecule has 2 fully saturated rings. The Bertz CT molecular complexity index is 409. The predicted octanol–water partition coefficient (Wildman–Crippen LogP) is 1.40. The van der Waals surface area contributed by atoms with Gasteiger partial charge in [0.25, 0.3) is 0 Å². The smallest absolute Gasteiger partial charge is 0.0397 e. The Morgan fingerprint density at radius 2 is 1.83 bits per heavy atom. The van der Waals surface area contributed by atoms with Gasteiger partial charge in [0.15, 0.2) is 0 Å². The highest BCUT2D eigenvalue weighted by molar-refractivity contribution is 5.51. The highest BCUT2D eigenvalue weighted by Crippen LogP contribution is 2.22. The number of hydrogen-bond acceptors (Lipinski definition) is 3. The third-order valence-corrected chi connectivity index (χ3v) is 4.13. The van der Waals surface area contributed by atoms with Gasteiger partial charge in [-0.2, -0.15) is 0 Å². The number of nitrogens with zero attached hydrogens (tertiary/aromatic N) is 2. The summed E-state index contributed by atoms with van der Waals surface area (Å²) in [6, 6.07) is 7.58. The van der Waals surface area contributed by atoms with E-state index in [0.717, 1.165) is 19.6 Å². The van der Waals surface area contributed by atoms with Crippen LogP contribution >= 0.6 is 0 Å². The summed E-state index contributed by atoms with van der Waals surface area (Å²) in [7, 11) is 0. The number of piperazine rings is 2. The fraction of sp³-hybridized carbons (Fsp3) is 0.600.